The zero-order valence-corrected chi connectivity index (χ0v) is 49.0. The maximum Gasteiger partial charge on any atom is 0.306 e. The van der Waals surface area contributed by atoms with Crippen LogP contribution in [0.3, 0.4) is 0 Å². The van der Waals surface area contributed by atoms with E-state index in [2.05, 4.69) is 167 Å². The summed E-state index contributed by atoms with van der Waals surface area (Å²) in [5.41, 5.74) is 0. The SMILES string of the molecule is CC/C=C\C/C=C\C/C=C\C/C=C\C/C=C\C/C=C\C/C=C\CCCCCCCCCC(=O)OCC(COC(=O)CCCCC/C=C\C/C=C\C/C=C\CC)OC(=O)CCCCCCC/C=C\C/C=C\CCCCCC. The van der Waals surface area contributed by atoms with Crippen LogP contribution in [0, 0.1) is 0 Å². The second-order valence-electron chi connectivity index (χ2n) is 19.8. The molecule has 0 heterocycles. The van der Waals surface area contributed by atoms with Crippen LogP contribution in [-0.2, 0) is 28.6 Å². The molecule has 0 saturated carbocycles. The summed E-state index contributed by atoms with van der Waals surface area (Å²) in [5.74, 6) is -0.962. The van der Waals surface area contributed by atoms with Gasteiger partial charge in [-0.15, -0.1) is 0 Å². The lowest BCUT2D eigenvalue weighted by molar-refractivity contribution is -0.167. The first-order valence-corrected chi connectivity index (χ1v) is 30.8. The van der Waals surface area contributed by atoms with E-state index < -0.39 is 6.10 Å². The van der Waals surface area contributed by atoms with E-state index in [1.165, 1.54) is 57.8 Å². The van der Waals surface area contributed by atoms with Crippen molar-refractivity contribution in [1.82, 2.24) is 0 Å². The monoisotopic (exact) mass is 1050 g/mol. The van der Waals surface area contributed by atoms with E-state index in [1.54, 1.807) is 0 Å². The third-order valence-electron chi connectivity index (χ3n) is 12.6. The molecule has 0 amide bonds. The molecule has 0 aliphatic heterocycles. The summed E-state index contributed by atoms with van der Waals surface area (Å²) in [6, 6.07) is 0. The Hall–Kier alpha value is -4.71. The van der Waals surface area contributed by atoms with Gasteiger partial charge in [-0.05, 0) is 141 Å². The Balaban J connectivity index is 4.38. The topological polar surface area (TPSA) is 78.9 Å². The zero-order valence-electron chi connectivity index (χ0n) is 49.0. The van der Waals surface area contributed by atoms with E-state index in [9.17, 15) is 14.4 Å². The Morgan fingerprint density at radius 2 is 0.513 bits per heavy atom. The maximum atomic E-state index is 12.9. The molecular weight excluding hydrogens is 937 g/mol. The van der Waals surface area contributed by atoms with E-state index in [4.69, 9.17) is 14.2 Å². The van der Waals surface area contributed by atoms with Crippen LogP contribution in [0.15, 0.2) is 146 Å². The molecule has 6 nitrogen and oxygen atoms in total. The van der Waals surface area contributed by atoms with Gasteiger partial charge in [-0.1, -0.05) is 244 Å². The Labute approximate surface area is 467 Å². The van der Waals surface area contributed by atoms with Gasteiger partial charge in [0.2, 0.25) is 0 Å². The van der Waals surface area contributed by atoms with Crippen molar-refractivity contribution in [2.24, 2.45) is 0 Å². The number of esters is 3. The zero-order chi connectivity index (χ0) is 55.0. The van der Waals surface area contributed by atoms with Crippen LogP contribution < -0.4 is 0 Å². The minimum atomic E-state index is -0.809. The number of carbonyl (C=O) groups is 3. The Bertz CT molecular complexity index is 1680. The first-order valence-electron chi connectivity index (χ1n) is 30.8. The van der Waals surface area contributed by atoms with Gasteiger partial charge in [0.1, 0.15) is 13.2 Å². The van der Waals surface area contributed by atoms with E-state index in [0.29, 0.717) is 19.3 Å². The number of allylic oxidation sites excluding steroid dienone is 24. The molecule has 6 heteroatoms. The Morgan fingerprint density at radius 1 is 0.276 bits per heavy atom. The number of hydrogen-bond donors (Lipinski definition) is 0. The fourth-order valence-electron chi connectivity index (χ4n) is 8.00. The summed E-state index contributed by atoms with van der Waals surface area (Å²) in [5, 5.41) is 0. The van der Waals surface area contributed by atoms with Crippen molar-refractivity contribution >= 4 is 17.9 Å². The van der Waals surface area contributed by atoms with Crippen LogP contribution in [0.4, 0.5) is 0 Å². The Morgan fingerprint density at radius 3 is 0.816 bits per heavy atom. The molecule has 0 aromatic carbocycles. The molecule has 0 saturated heterocycles. The van der Waals surface area contributed by atoms with Gasteiger partial charge in [-0.25, -0.2) is 0 Å². The molecule has 0 aromatic rings. The van der Waals surface area contributed by atoms with Crippen LogP contribution in [0.1, 0.15) is 258 Å². The van der Waals surface area contributed by atoms with Crippen molar-refractivity contribution in [2.45, 2.75) is 264 Å². The fourth-order valence-corrected chi connectivity index (χ4v) is 8.00. The summed E-state index contributed by atoms with van der Waals surface area (Å²) >= 11 is 0. The lowest BCUT2D eigenvalue weighted by Crippen LogP contribution is -2.30. The molecule has 0 aliphatic rings. The van der Waals surface area contributed by atoms with E-state index in [-0.39, 0.29) is 31.1 Å². The van der Waals surface area contributed by atoms with Crippen LogP contribution >= 0.6 is 0 Å². The predicted molar refractivity (Wildman–Crippen MR) is 329 cm³/mol. The molecule has 1 atom stereocenters. The second kappa shape index (κ2) is 62.8. The molecule has 0 N–H and O–H groups in total. The summed E-state index contributed by atoms with van der Waals surface area (Å²) in [7, 11) is 0. The molecule has 76 heavy (non-hydrogen) atoms. The van der Waals surface area contributed by atoms with Gasteiger partial charge in [0, 0.05) is 19.3 Å². The van der Waals surface area contributed by atoms with Crippen LogP contribution in [0.2, 0.25) is 0 Å². The van der Waals surface area contributed by atoms with Crippen molar-refractivity contribution < 1.29 is 28.6 Å². The lowest BCUT2D eigenvalue weighted by Gasteiger charge is -2.18. The van der Waals surface area contributed by atoms with Crippen LogP contribution in [-0.4, -0.2) is 37.2 Å². The first kappa shape index (κ1) is 71.3. The van der Waals surface area contributed by atoms with Crippen molar-refractivity contribution in [2.75, 3.05) is 13.2 Å². The highest BCUT2D eigenvalue weighted by molar-refractivity contribution is 5.71. The predicted octanol–water partition coefficient (Wildman–Crippen LogP) is 21.2. The molecule has 0 aromatic heterocycles. The van der Waals surface area contributed by atoms with Gasteiger partial charge in [0.25, 0.3) is 0 Å². The highest BCUT2D eigenvalue weighted by atomic mass is 16.6. The van der Waals surface area contributed by atoms with Gasteiger partial charge < -0.3 is 14.2 Å². The van der Waals surface area contributed by atoms with Crippen LogP contribution in [0.5, 0.6) is 0 Å². The van der Waals surface area contributed by atoms with Crippen LogP contribution in [0.25, 0.3) is 0 Å². The van der Waals surface area contributed by atoms with Crippen molar-refractivity contribution in [1.29, 1.82) is 0 Å². The van der Waals surface area contributed by atoms with Gasteiger partial charge in [-0.3, -0.25) is 14.4 Å². The summed E-state index contributed by atoms with van der Waals surface area (Å²) in [6.07, 6.45) is 89.9. The standard InChI is InChI=1S/C70H112O6/c1-4-7-10-13-16-19-22-25-27-29-30-31-32-33-34-35-36-37-38-39-40-41-43-45-48-51-54-57-60-63-69(72)75-66-67(65-74-68(71)62-59-56-53-50-47-44-24-21-18-15-12-9-6-3)76-70(73)64-61-58-55-52-49-46-42-28-26-23-20-17-14-11-8-5-2/h7,9-10,12,16,18-21,23,25,27-28,30-31,33-34,36-37,39-40,42,44,47,67H,4-6,8,11,13-15,17,22,24,26,29,32,35,38,41,43,45-46,48-66H2,1-3H3/b10-7-,12-9-,19-16-,21-18-,23-20-,27-25-,31-30-,34-33-,37-36-,40-39-,42-28-,47-44-. The van der Waals surface area contributed by atoms with Gasteiger partial charge in [0.15, 0.2) is 6.10 Å². The molecule has 428 valence electrons. The molecule has 0 rings (SSSR count). The van der Waals surface area contributed by atoms with Gasteiger partial charge in [-0.2, -0.15) is 0 Å². The highest BCUT2D eigenvalue weighted by Crippen LogP contribution is 2.14. The first-order chi connectivity index (χ1) is 37.5. The minimum Gasteiger partial charge on any atom is -0.462 e. The van der Waals surface area contributed by atoms with Gasteiger partial charge in [0.05, 0.1) is 0 Å². The number of ether oxygens (including phenoxy) is 3. The maximum absolute atomic E-state index is 12.9. The molecule has 0 aliphatic carbocycles. The average Bonchev–Trinajstić information content (AvgIpc) is 3.42. The molecule has 0 fully saturated rings. The Kier molecular flexibility index (Phi) is 58.9. The molecule has 1 unspecified atom stereocenters. The normalized spacial score (nSPS) is 13.1. The highest BCUT2D eigenvalue weighted by Gasteiger charge is 2.19. The summed E-state index contributed by atoms with van der Waals surface area (Å²) < 4.78 is 16.8. The van der Waals surface area contributed by atoms with Gasteiger partial charge >= 0.3 is 17.9 Å². The van der Waals surface area contributed by atoms with Crippen molar-refractivity contribution in [3.05, 3.63) is 146 Å². The van der Waals surface area contributed by atoms with E-state index >= 15 is 0 Å². The third kappa shape index (κ3) is 60.2. The molecule has 0 bridgehead atoms. The number of unbranched alkanes of at least 4 members (excludes halogenated alkanes) is 19. The van der Waals surface area contributed by atoms with E-state index in [0.717, 1.165) is 161 Å². The molecular formula is C70H112O6. The minimum absolute atomic E-state index is 0.104. The smallest absolute Gasteiger partial charge is 0.306 e. The summed E-state index contributed by atoms with van der Waals surface area (Å²) in [6.45, 7) is 6.34. The number of hydrogen-bond acceptors (Lipinski definition) is 6. The average molecular weight is 1050 g/mol. The van der Waals surface area contributed by atoms with Crippen molar-refractivity contribution in [3.63, 3.8) is 0 Å². The third-order valence-corrected chi connectivity index (χ3v) is 12.6. The second-order valence-corrected chi connectivity index (χ2v) is 19.8. The number of carbonyl (C=O) groups excluding carboxylic acids is 3. The quantitative estimate of drug-likeness (QED) is 0.0261. The fraction of sp³-hybridized carbons (Fsp3) is 0.614. The molecule has 0 spiro atoms. The molecule has 0 radical (unpaired) electrons. The lowest BCUT2D eigenvalue weighted by atomic mass is 10.1. The van der Waals surface area contributed by atoms with Crippen molar-refractivity contribution in [3.8, 4) is 0 Å². The number of rotatable bonds is 54. The van der Waals surface area contributed by atoms with E-state index in [1.807, 2.05) is 0 Å². The largest absolute Gasteiger partial charge is 0.462 e. The summed E-state index contributed by atoms with van der Waals surface area (Å²) in [4.78, 5) is 38.2.